The highest BCUT2D eigenvalue weighted by atomic mass is 16.2. The van der Waals surface area contributed by atoms with Crippen LogP contribution in [0.1, 0.15) is 16.1 Å². The Hall–Kier alpha value is -2.34. The molecule has 1 N–H and O–H groups in total. The Morgan fingerprint density at radius 1 is 1.12 bits per heavy atom. The number of rotatable bonds is 2. The Bertz CT molecular complexity index is 811. The van der Waals surface area contributed by atoms with Gasteiger partial charge in [0, 0.05) is 56.9 Å². The molecule has 2 aromatic rings. The molecule has 1 aliphatic heterocycles. The first-order valence-corrected chi connectivity index (χ1v) is 8.67. The summed E-state index contributed by atoms with van der Waals surface area (Å²) >= 11 is 0. The van der Waals surface area contributed by atoms with Gasteiger partial charge in [-0.05, 0) is 20.0 Å². The van der Waals surface area contributed by atoms with Gasteiger partial charge in [-0.15, -0.1) is 0 Å². The number of amides is 2. The maximum absolute atomic E-state index is 13.3. The maximum atomic E-state index is 13.3. The van der Waals surface area contributed by atoms with E-state index in [1.807, 2.05) is 50.2 Å². The van der Waals surface area contributed by atoms with Crippen molar-refractivity contribution in [2.75, 3.05) is 40.3 Å². The molecule has 1 aromatic carbocycles. The first-order chi connectivity index (χ1) is 11.9. The molecule has 2 heterocycles. The van der Waals surface area contributed by atoms with Gasteiger partial charge in [-0.3, -0.25) is 9.59 Å². The predicted octanol–water partition coefficient (Wildman–Crippen LogP) is 1.24. The van der Waals surface area contributed by atoms with Gasteiger partial charge >= 0.3 is 0 Å². The van der Waals surface area contributed by atoms with Crippen molar-refractivity contribution in [1.82, 2.24) is 19.7 Å². The number of hydrogen-bond acceptors (Lipinski definition) is 3. The monoisotopic (exact) mass is 342 g/mol. The van der Waals surface area contributed by atoms with Gasteiger partial charge in [-0.25, -0.2) is 0 Å². The molecule has 0 saturated carbocycles. The molecule has 1 unspecified atom stereocenters. The van der Waals surface area contributed by atoms with E-state index in [1.54, 1.807) is 7.05 Å². The fourth-order valence-electron chi connectivity index (χ4n) is 3.68. The van der Waals surface area contributed by atoms with Gasteiger partial charge in [-0.1, -0.05) is 18.2 Å². The smallest absolute Gasteiger partial charge is 0.256 e. The minimum atomic E-state index is -0.211. The summed E-state index contributed by atoms with van der Waals surface area (Å²) in [4.78, 5) is 29.4. The van der Waals surface area contributed by atoms with Gasteiger partial charge in [-0.2, -0.15) is 0 Å². The molecule has 0 radical (unpaired) electrons. The first-order valence-electron chi connectivity index (χ1n) is 8.67. The summed E-state index contributed by atoms with van der Waals surface area (Å²) in [7, 11) is 5.62. The van der Waals surface area contributed by atoms with Crippen molar-refractivity contribution in [3.8, 4) is 0 Å². The van der Waals surface area contributed by atoms with E-state index in [0.717, 1.165) is 28.7 Å². The van der Waals surface area contributed by atoms with Gasteiger partial charge in [0.25, 0.3) is 5.91 Å². The van der Waals surface area contributed by atoms with Crippen LogP contribution in [-0.4, -0.2) is 66.5 Å². The summed E-state index contributed by atoms with van der Waals surface area (Å²) in [6.45, 7) is 4.49. The molecule has 6 nitrogen and oxygen atoms in total. The molecule has 1 aromatic heterocycles. The van der Waals surface area contributed by atoms with Gasteiger partial charge in [0.15, 0.2) is 0 Å². The molecule has 25 heavy (non-hydrogen) atoms. The molecule has 2 amide bonds. The highest BCUT2D eigenvalue weighted by Crippen LogP contribution is 2.26. The summed E-state index contributed by atoms with van der Waals surface area (Å²) in [5.41, 5.74) is 2.76. The van der Waals surface area contributed by atoms with E-state index in [9.17, 15) is 9.59 Å². The Morgan fingerprint density at radius 3 is 2.56 bits per heavy atom. The van der Waals surface area contributed by atoms with Crippen LogP contribution in [0, 0.1) is 12.8 Å². The topological polar surface area (TPSA) is 57.6 Å². The van der Waals surface area contributed by atoms with Crippen molar-refractivity contribution in [2.45, 2.75) is 6.92 Å². The second-order valence-electron chi connectivity index (χ2n) is 6.86. The lowest BCUT2D eigenvalue weighted by Gasteiger charge is -2.23. The Labute approximate surface area is 148 Å². The minimum absolute atomic E-state index is 0.0125. The second kappa shape index (κ2) is 6.88. The van der Waals surface area contributed by atoms with Crippen LogP contribution in [0.3, 0.4) is 0 Å². The van der Waals surface area contributed by atoms with Crippen LogP contribution < -0.4 is 5.32 Å². The van der Waals surface area contributed by atoms with Gasteiger partial charge in [0.2, 0.25) is 5.91 Å². The number of hydrogen-bond donors (Lipinski definition) is 1. The van der Waals surface area contributed by atoms with Crippen LogP contribution in [0.5, 0.6) is 0 Å². The van der Waals surface area contributed by atoms with Crippen molar-refractivity contribution in [3.05, 3.63) is 35.5 Å². The van der Waals surface area contributed by atoms with E-state index in [1.165, 1.54) is 0 Å². The number of nitrogens with zero attached hydrogens (tertiary/aromatic N) is 3. The SMILES string of the molecule is CNC(=O)C1CN(C)CCN(C(=O)c2c(C)n(C)c3ccccc23)C1. The molecule has 134 valence electrons. The van der Waals surface area contributed by atoms with Crippen LogP contribution in [0.25, 0.3) is 10.9 Å². The molecule has 0 spiro atoms. The number of nitrogens with one attached hydrogen (secondary N) is 1. The average Bonchev–Trinajstić information content (AvgIpc) is 2.76. The third-order valence-corrected chi connectivity index (χ3v) is 5.24. The van der Waals surface area contributed by atoms with Crippen molar-refractivity contribution in [2.24, 2.45) is 13.0 Å². The summed E-state index contributed by atoms with van der Waals surface area (Å²) in [6.07, 6.45) is 0. The first kappa shape index (κ1) is 17.5. The van der Waals surface area contributed by atoms with E-state index >= 15 is 0 Å². The highest BCUT2D eigenvalue weighted by Gasteiger charge is 2.30. The largest absolute Gasteiger partial charge is 0.359 e. The molecule has 1 fully saturated rings. The number of aryl methyl sites for hydroxylation is 1. The van der Waals surface area contributed by atoms with Crippen LogP contribution in [0.4, 0.5) is 0 Å². The molecule has 6 heteroatoms. The molecule has 3 rings (SSSR count). The Balaban J connectivity index is 1.97. The zero-order valence-corrected chi connectivity index (χ0v) is 15.4. The normalized spacial score (nSPS) is 19.0. The van der Waals surface area contributed by atoms with Crippen LogP contribution >= 0.6 is 0 Å². The quantitative estimate of drug-likeness (QED) is 0.893. The number of carbonyl (C=O) groups excluding carboxylic acids is 2. The van der Waals surface area contributed by atoms with E-state index in [4.69, 9.17) is 0 Å². The van der Waals surface area contributed by atoms with E-state index in [2.05, 4.69) is 14.8 Å². The summed E-state index contributed by atoms with van der Waals surface area (Å²) < 4.78 is 2.06. The summed E-state index contributed by atoms with van der Waals surface area (Å²) in [5, 5.41) is 3.69. The molecular formula is C19H26N4O2. The molecule has 1 aliphatic rings. The van der Waals surface area contributed by atoms with E-state index in [-0.39, 0.29) is 17.7 Å². The van der Waals surface area contributed by atoms with Crippen LogP contribution in [-0.2, 0) is 11.8 Å². The predicted molar refractivity (Wildman–Crippen MR) is 98.6 cm³/mol. The number of carbonyl (C=O) groups is 2. The fraction of sp³-hybridized carbons (Fsp3) is 0.474. The third-order valence-electron chi connectivity index (χ3n) is 5.24. The molecule has 1 atom stereocenters. The lowest BCUT2D eigenvalue weighted by Crippen LogP contribution is -2.41. The number of likely N-dealkylation sites (N-methyl/N-ethyl adjacent to an activating group) is 1. The lowest BCUT2D eigenvalue weighted by atomic mass is 10.1. The minimum Gasteiger partial charge on any atom is -0.359 e. The molecular weight excluding hydrogens is 316 g/mol. The Kier molecular flexibility index (Phi) is 4.81. The molecule has 1 saturated heterocycles. The van der Waals surface area contributed by atoms with E-state index < -0.39 is 0 Å². The molecule has 0 aliphatic carbocycles. The molecule has 0 bridgehead atoms. The fourth-order valence-corrected chi connectivity index (χ4v) is 3.68. The number of aromatic nitrogens is 1. The average molecular weight is 342 g/mol. The Morgan fingerprint density at radius 2 is 1.84 bits per heavy atom. The third kappa shape index (κ3) is 3.14. The van der Waals surface area contributed by atoms with Crippen molar-refractivity contribution >= 4 is 22.7 Å². The summed E-state index contributed by atoms with van der Waals surface area (Å²) in [6, 6.07) is 7.97. The van der Waals surface area contributed by atoms with Crippen molar-refractivity contribution in [3.63, 3.8) is 0 Å². The van der Waals surface area contributed by atoms with Crippen LogP contribution in [0.15, 0.2) is 24.3 Å². The number of fused-ring (bicyclic) bond motifs is 1. The second-order valence-corrected chi connectivity index (χ2v) is 6.86. The maximum Gasteiger partial charge on any atom is 0.256 e. The number of para-hydroxylation sites is 1. The van der Waals surface area contributed by atoms with Gasteiger partial charge in [0.05, 0.1) is 11.5 Å². The van der Waals surface area contributed by atoms with Crippen molar-refractivity contribution in [1.29, 1.82) is 0 Å². The van der Waals surface area contributed by atoms with Crippen LogP contribution in [0.2, 0.25) is 0 Å². The van der Waals surface area contributed by atoms with Gasteiger partial charge in [0.1, 0.15) is 0 Å². The van der Waals surface area contributed by atoms with Crippen molar-refractivity contribution < 1.29 is 9.59 Å². The van der Waals surface area contributed by atoms with E-state index in [0.29, 0.717) is 19.6 Å². The lowest BCUT2D eigenvalue weighted by molar-refractivity contribution is -0.125. The van der Waals surface area contributed by atoms with Gasteiger partial charge < -0.3 is 19.7 Å². The standard InChI is InChI=1S/C19H26N4O2/c1-13-17(15-7-5-6-8-16(15)22(13)4)19(25)23-10-9-21(3)11-14(12-23)18(24)20-2/h5-8,14H,9-12H2,1-4H3,(H,20,24). The zero-order valence-electron chi connectivity index (χ0n) is 15.4. The highest BCUT2D eigenvalue weighted by molar-refractivity contribution is 6.08. The summed E-state index contributed by atoms with van der Waals surface area (Å²) in [5.74, 6) is -0.212. The zero-order chi connectivity index (χ0) is 18.1. The number of benzene rings is 1.